The minimum absolute atomic E-state index is 0. The maximum atomic E-state index is 12.5. The van der Waals surface area contributed by atoms with Gasteiger partial charge in [0.25, 0.3) is 0 Å². The van der Waals surface area contributed by atoms with Gasteiger partial charge in [0.1, 0.15) is 0 Å². The van der Waals surface area contributed by atoms with Crippen LogP contribution >= 0.6 is 11.6 Å². The van der Waals surface area contributed by atoms with E-state index in [4.69, 9.17) is 18.2 Å². The lowest BCUT2D eigenvalue weighted by Crippen LogP contribution is -2.09. The van der Waals surface area contributed by atoms with Crippen LogP contribution in [0.15, 0.2) is 105 Å². The second-order valence-corrected chi connectivity index (χ2v) is 18.7. The van der Waals surface area contributed by atoms with Gasteiger partial charge in [-0.3, -0.25) is 0 Å². The van der Waals surface area contributed by atoms with Crippen LogP contribution < -0.4 is 0 Å². The third-order valence-corrected chi connectivity index (χ3v) is 12.4. The molecule has 0 N–H and O–H groups in total. The van der Waals surface area contributed by atoms with E-state index in [-0.39, 0.29) is 48.8 Å². The van der Waals surface area contributed by atoms with Crippen molar-refractivity contribution in [2.75, 3.05) is 12.5 Å². The molecular weight excluding hydrogens is 690 g/mol. The monoisotopic (exact) mass is 723 g/mol. The van der Waals surface area contributed by atoms with E-state index in [2.05, 4.69) is 4.85 Å². The van der Waals surface area contributed by atoms with Gasteiger partial charge in [0.15, 0.2) is 45.0 Å². The number of aryl methyl sites for hydroxylation is 2. The van der Waals surface area contributed by atoms with E-state index in [1.165, 1.54) is 54.6 Å². The van der Waals surface area contributed by atoms with Crippen molar-refractivity contribution in [3.8, 4) is 0 Å². The number of benzene rings is 4. The molecule has 0 amide bonds. The summed E-state index contributed by atoms with van der Waals surface area (Å²) < 4.78 is 97.4. The molecular formula is C32H34ClNO8S4. The number of sulfone groups is 4. The molecule has 4 aromatic rings. The van der Waals surface area contributed by atoms with Crippen molar-refractivity contribution in [2.45, 2.75) is 52.4 Å². The fraction of sp³-hybridized carbons (Fsp3) is 0.219. The molecule has 14 heteroatoms. The van der Waals surface area contributed by atoms with Gasteiger partial charge in [-0.05, 0) is 73.0 Å². The van der Waals surface area contributed by atoms with Gasteiger partial charge < -0.3 is 0 Å². The normalized spacial score (nSPS) is 11.8. The summed E-state index contributed by atoms with van der Waals surface area (Å²) in [6.45, 7) is 10.6. The molecule has 246 valence electrons. The predicted octanol–water partition coefficient (Wildman–Crippen LogP) is 6.59. The molecule has 0 spiro atoms. The molecule has 4 aromatic carbocycles. The fourth-order valence-corrected chi connectivity index (χ4v) is 9.39. The Morgan fingerprint density at radius 1 is 0.609 bits per heavy atom. The Hall–Kier alpha value is -3.54. The molecule has 0 radical (unpaired) electrons. The quantitative estimate of drug-likeness (QED) is 0.186. The molecule has 0 aliphatic heterocycles. The van der Waals surface area contributed by atoms with Gasteiger partial charge in [0.2, 0.25) is 0 Å². The summed E-state index contributed by atoms with van der Waals surface area (Å²) in [6, 6.07) is 21.1. The first kappa shape index (κ1) is 38.6. The molecule has 0 bridgehead atoms. The second kappa shape index (κ2) is 14.9. The number of rotatable bonds is 8. The molecule has 0 aromatic heterocycles. The third-order valence-electron chi connectivity index (χ3n) is 6.43. The van der Waals surface area contributed by atoms with Gasteiger partial charge >= 0.3 is 0 Å². The average Bonchev–Trinajstić information content (AvgIpc) is 2.93. The summed E-state index contributed by atoms with van der Waals surface area (Å²) >= 11 is 5.82. The topological polar surface area (TPSA) is 141 Å². The van der Waals surface area contributed by atoms with Gasteiger partial charge in [0, 0.05) is 17.5 Å². The number of halogens is 1. The van der Waals surface area contributed by atoms with Crippen molar-refractivity contribution in [1.82, 2.24) is 0 Å². The molecule has 0 aliphatic rings. The van der Waals surface area contributed by atoms with Crippen molar-refractivity contribution in [3.05, 3.63) is 124 Å². The summed E-state index contributed by atoms with van der Waals surface area (Å²) in [5.41, 5.74) is 2.29. The molecule has 0 unspecified atom stereocenters. The maximum absolute atomic E-state index is 12.5. The molecule has 0 fully saturated rings. The smallest absolute Gasteiger partial charge is 0.188 e. The minimum Gasteiger partial charge on any atom is -0.238 e. The summed E-state index contributed by atoms with van der Waals surface area (Å²) in [4.78, 5) is 3.31. The van der Waals surface area contributed by atoms with Crippen LogP contribution in [-0.2, 0) is 50.9 Å². The first-order chi connectivity index (χ1) is 20.7. The lowest BCUT2D eigenvalue weighted by atomic mass is 10.2. The standard InChI is InChI=1S/C16H15NO4S2.C15H15ClO4S2.CH4/c1-12-4-8-15(9-5-12)23(20,21)11-13-6-7-14(17-2)10-16(13)22(3,18)19;1-11-4-3-5-14(8-11)22(19,20)10-12-6-7-13(16)9-15(12)21(2,17)18;/h4-10H,11H2,1,3H3;3-9H,10H2,1-2H3;1H4. The van der Waals surface area contributed by atoms with Gasteiger partial charge in [-0.1, -0.05) is 67.1 Å². The van der Waals surface area contributed by atoms with E-state index in [1.807, 2.05) is 6.92 Å². The first-order valence-electron chi connectivity index (χ1n) is 13.0. The van der Waals surface area contributed by atoms with Crippen molar-refractivity contribution in [1.29, 1.82) is 0 Å². The largest absolute Gasteiger partial charge is 0.238 e. The highest BCUT2D eigenvalue weighted by atomic mass is 35.5. The molecule has 9 nitrogen and oxygen atoms in total. The summed E-state index contributed by atoms with van der Waals surface area (Å²) in [7, 11) is -14.5. The Kier molecular flexibility index (Phi) is 12.5. The fourth-order valence-electron chi connectivity index (χ4n) is 4.20. The van der Waals surface area contributed by atoms with Crippen molar-refractivity contribution in [2.24, 2.45) is 0 Å². The van der Waals surface area contributed by atoms with Gasteiger partial charge in [-0.25, -0.2) is 38.5 Å². The van der Waals surface area contributed by atoms with E-state index in [1.54, 1.807) is 37.3 Å². The number of hydrogen-bond acceptors (Lipinski definition) is 8. The highest BCUT2D eigenvalue weighted by molar-refractivity contribution is 7.92. The third kappa shape index (κ3) is 10.2. The summed E-state index contributed by atoms with van der Waals surface area (Å²) in [5.74, 6) is -0.827. The number of nitrogens with zero attached hydrogens (tertiary/aromatic N) is 1. The van der Waals surface area contributed by atoms with E-state index in [0.29, 0.717) is 0 Å². The summed E-state index contributed by atoms with van der Waals surface area (Å²) in [5, 5.41) is 0.247. The minimum atomic E-state index is -3.67. The SMILES string of the molecule is C.Cc1cccc(S(=O)(=O)Cc2ccc(Cl)cc2S(C)(=O)=O)c1.[C-]#[N+]c1ccc(CS(=O)(=O)c2ccc(C)cc2)c(S(C)(=O)=O)c1. The van der Waals surface area contributed by atoms with E-state index >= 15 is 0 Å². The molecule has 0 atom stereocenters. The Labute approximate surface area is 277 Å². The zero-order valence-electron chi connectivity index (χ0n) is 24.7. The Bertz CT molecular complexity index is 2220. The highest BCUT2D eigenvalue weighted by Gasteiger charge is 2.23. The van der Waals surface area contributed by atoms with Gasteiger partial charge in [0.05, 0.1) is 37.7 Å². The lowest BCUT2D eigenvalue weighted by Gasteiger charge is -2.10. The Morgan fingerprint density at radius 3 is 1.61 bits per heavy atom. The van der Waals surface area contributed by atoms with E-state index in [9.17, 15) is 33.7 Å². The van der Waals surface area contributed by atoms with Crippen LogP contribution in [0.25, 0.3) is 4.85 Å². The van der Waals surface area contributed by atoms with Crippen LogP contribution in [0.4, 0.5) is 5.69 Å². The zero-order chi connectivity index (χ0) is 33.8. The van der Waals surface area contributed by atoms with Crippen molar-refractivity contribution >= 4 is 56.6 Å². The molecule has 4 rings (SSSR count). The van der Waals surface area contributed by atoms with Crippen molar-refractivity contribution < 1.29 is 33.7 Å². The van der Waals surface area contributed by atoms with Crippen LogP contribution in [0.5, 0.6) is 0 Å². The second-order valence-electron chi connectivity index (χ2n) is 10.3. The van der Waals surface area contributed by atoms with Crippen LogP contribution in [-0.4, -0.2) is 46.2 Å². The first-order valence-corrected chi connectivity index (χ1v) is 20.5. The van der Waals surface area contributed by atoms with Crippen LogP contribution in [0.3, 0.4) is 0 Å². The zero-order valence-corrected chi connectivity index (χ0v) is 28.7. The molecule has 46 heavy (non-hydrogen) atoms. The molecule has 0 aliphatic carbocycles. The van der Waals surface area contributed by atoms with Gasteiger partial charge in [-0.2, -0.15) is 0 Å². The van der Waals surface area contributed by atoms with Crippen LogP contribution in [0, 0.1) is 20.4 Å². The predicted molar refractivity (Wildman–Crippen MR) is 181 cm³/mol. The van der Waals surface area contributed by atoms with E-state index < -0.39 is 50.9 Å². The van der Waals surface area contributed by atoms with Crippen LogP contribution in [0.1, 0.15) is 29.7 Å². The van der Waals surface area contributed by atoms with E-state index in [0.717, 1.165) is 23.6 Å². The average molecular weight is 724 g/mol. The lowest BCUT2D eigenvalue weighted by molar-refractivity contribution is 0.591. The van der Waals surface area contributed by atoms with Crippen molar-refractivity contribution in [3.63, 3.8) is 0 Å². The Morgan fingerprint density at radius 2 is 1.11 bits per heavy atom. The van der Waals surface area contributed by atoms with Crippen LogP contribution in [0.2, 0.25) is 5.02 Å². The number of hydrogen-bond donors (Lipinski definition) is 0. The molecule has 0 saturated carbocycles. The Balaban J connectivity index is 0.000000314. The molecule has 0 heterocycles. The summed E-state index contributed by atoms with van der Waals surface area (Å²) in [6.07, 6.45) is 2.03. The maximum Gasteiger partial charge on any atom is 0.188 e. The highest BCUT2D eigenvalue weighted by Crippen LogP contribution is 2.27. The molecule has 0 saturated heterocycles. The van der Waals surface area contributed by atoms with Gasteiger partial charge in [-0.15, -0.1) is 0 Å².